The Morgan fingerprint density at radius 2 is 2.05 bits per heavy atom. The number of halogens is 2. The van der Waals surface area contributed by atoms with Gasteiger partial charge in [-0.1, -0.05) is 0 Å². The Hall–Kier alpha value is -2.15. The molecule has 104 valence electrons. The standard InChI is InChI=1S/C13H10BrFN2O3/c1-6-2-8(14)9(15)5-10(6)16-13(20)7-3-11(18)17-12(19)4-7/h2-5H,1H3,(H,16,20)(H2,17,18,19). The number of hydrogen-bond acceptors (Lipinski definition) is 3. The van der Waals surface area contributed by atoms with E-state index in [4.69, 9.17) is 0 Å². The van der Waals surface area contributed by atoms with E-state index in [0.29, 0.717) is 10.0 Å². The highest BCUT2D eigenvalue weighted by Crippen LogP contribution is 2.24. The molecule has 20 heavy (non-hydrogen) atoms. The number of rotatable bonds is 2. The fourth-order valence-corrected chi connectivity index (χ4v) is 2.09. The summed E-state index contributed by atoms with van der Waals surface area (Å²) in [4.78, 5) is 25.2. The minimum Gasteiger partial charge on any atom is -0.494 e. The Balaban J connectivity index is 2.32. The summed E-state index contributed by atoms with van der Waals surface area (Å²) in [7, 11) is 0. The van der Waals surface area contributed by atoms with Crippen LogP contribution in [-0.4, -0.2) is 16.0 Å². The Kier molecular flexibility index (Phi) is 3.89. The third kappa shape index (κ3) is 3.05. The van der Waals surface area contributed by atoms with Crippen molar-refractivity contribution in [2.75, 3.05) is 5.32 Å². The van der Waals surface area contributed by atoms with Crippen LogP contribution in [0.2, 0.25) is 0 Å². The molecule has 0 fully saturated rings. The van der Waals surface area contributed by atoms with Crippen molar-refractivity contribution in [3.8, 4) is 5.88 Å². The van der Waals surface area contributed by atoms with Crippen molar-refractivity contribution in [3.63, 3.8) is 0 Å². The zero-order chi connectivity index (χ0) is 14.9. The predicted octanol–water partition coefficient (Wildman–Crippen LogP) is 2.54. The minimum atomic E-state index is -0.615. The number of carbonyl (C=O) groups excluding carboxylic acids is 1. The zero-order valence-corrected chi connectivity index (χ0v) is 11.9. The lowest BCUT2D eigenvalue weighted by molar-refractivity contribution is 0.102. The summed E-state index contributed by atoms with van der Waals surface area (Å²) >= 11 is 3.04. The summed E-state index contributed by atoms with van der Waals surface area (Å²) in [6, 6.07) is 4.85. The van der Waals surface area contributed by atoms with Gasteiger partial charge in [0.2, 0.25) is 0 Å². The molecule has 0 bridgehead atoms. The molecular weight excluding hydrogens is 331 g/mol. The molecule has 0 radical (unpaired) electrons. The van der Waals surface area contributed by atoms with Crippen LogP contribution in [0.1, 0.15) is 15.9 Å². The van der Waals surface area contributed by atoms with Crippen molar-refractivity contribution in [2.24, 2.45) is 0 Å². The van der Waals surface area contributed by atoms with Crippen LogP contribution in [0.3, 0.4) is 0 Å². The Morgan fingerprint density at radius 3 is 2.70 bits per heavy atom. The third-order valence-electron chi connectivity index (χ3n) is 2.61. The number of aryl methyl sites for hydroxylation is 1. The van der Waals surface area contributed by atoms with Crippen molar-refractivity contribution in [1.82, 2.24) is 4.98 Å². The first kappa shape index (κ1) is 14.3. The number of amides is 1. The molecule has 2 aromatic rings. The second-order valence-corrected chi connectivity index (χ2v) is 5.01. The highest BCUT2D eigenvalue weighted by atomic mass is 79.9. The molecule has 0 aliphatic heterocycles. The van der Waals surface area contributed by atoms with E-state index in [1.807, 2.05) is 0 Å². The normalized spacial score (nSPS) is 10.3. The molecule has 0 aliphatic rings. The molecule has 1 heterocycles. The number of hydrogen-bond donors (Lipinski definition) is 3. The largest absolute Gasteiger partial charge is 0.494 e. The molecule has 0 aliphatic carbocycles. The van der Waals surface area contributed by atoms with Crippen LogP contribution in [0.4, 0.5) is 10.1 Å². The van der Waals surface area contributed by atoms with E-state index in [0.717, 1.165) is 12.1 Å². The number of anilines is 1. The number of H-pyrrole nitrogens is 1. The second kappa shape index (κ2) is 5.46. The van der Waals surface area contributed by atoms with Crippen molar-refractivity contribution < 1.29 is 14.3 Å². The van der Waals surface area contributed by atoms with Crippen molar-refractivity contribution in [3.05, 3.63) is 56.0 Å². The van der Waals surface area contributed by atoms with Gasteiger partial charge in [0.05, 0.1) is 10.0 Å². The maximum Gasteiger partial charge on any atom is 0.256 e. The average Bonchev–Trinajstić information content (AvgIpc) is 2.34. The highest BCUT2D eigenvalue weighted by molar-refractivity contribution is 9.10. The fraction of sp³-hybridized carbons (Fsp3) is 0.0769. The molecule has 5 nitrogen and oxygen atoms in total. The van der Waals surface area contributed by atoms with Gasteiger partial charge < -0.3 is 10.4 Å². The van der Waals surface area contributed by atoms with Crippen LogP contribution in [-0.2, 0) is 0 Å². The minimum absolute atomic E-state index is 0.0195. The van der Waals surface area contributed by atoms with Gasteiger partial charge in [-0.3, -0.25) is 14.6 Å². The van der Waals surface area contributed by atoms with Crippen LogP contribution in [0.15, 0.2) is 33.5 Å². The number of aromatic nitrogens is 1. The van der Waals surface area contributed by atoms with Gasteiger partial charge >= 0.3 is 0 Å². The van der Waals surface area contributed by atoms with E-state index in [1.54, 1.807) is 6.92 Å². The molecular formula is C13H10BrFN2O3. The fourth-order valence-electron chi connectivity index (χ4n) is 1.64. The molecule has 1 amide bonds. The summed E-state index contributed by atoms with van der Waals surface area (Å²) in [5, 5.41) is 11.7. The van der Waals surface area contributed by atoms with Crippen LogP contribution in [0.25, 0.3) is 0 Å². The first-order valence-electron chi connectivity index (χ1n) is 5.57. The molecule has 2 rings (SSSR count). The van der Waals surface area contributed by atoms with Gasteiger partial charge in [-0.15, -0.1) is 0 Å². The summed E-state index contributed by atoms with van der Waals surface area (Å²) in [5.41, 5.74) is 0.319. The Morgan fingerprint density at radius 1 is 1.35 bits per heavy atom. The SMILES string of the molecule is Cc1cc(Br)c(F)cc1NC(=O)c1cc(O)[nH]c(=O)c1. The van der Waals surface area contributed by atoms with Gasteiger partial charge in [-0.2, -0.15) is 0 Å². The van der Waals surface area contributed by atoms with Gasteiger partial charge in [0.15, 0.2) is 5.88 Å². The number of aromatic amines is 1. The zero-order valence-electron chi connectivity index (χ0n) is 10.3. The summed E-state index contributed by atoms with van der Waals surface area (Å²) < 4.78 is 13.7. The number of carbonyl (C=O) groups is 1. The van der Waals surface area contributed by atoms with E-state index in [9.17, 15) is 19.1 Å². The first-order chi connectivity index (χ1) is 9.36. The Labute approximate surface area is 121 Å². The molecule has 0 spiro atoms. The lowest BCUT2D eigenvalue weighted by atomic mass is 10.1. The van der Waals surface area contributed by atoms with Crippen molar-refractivity contribution >= 4 is 27.5 Å². The van der Waals surface area contributed by atoms with E-state index in [-0.39, 0.29) is 11.3 Å². The topological polar surface area (TPSA) is 82.2 Å². The third-order valence-corrected chi connectivity index (χ3v) is 3.22. The average molecular weight is 341 g/mol. The quantitative estimate of drug-likeness (QED) is 0.785. The number of pyridine rings is 1. The summed E-state index contributed by atoms with van der Waals surface area (Å²) in [6.07, 6.45) is 0. The molecule has 1 aromatic heterocycles. The van der Waals surface area contributed by atoms with Crippen LogP contribution in [0.5, 0.6) is 5.88 Å². The first-order valence-corrected chi connectivity index (χ1v) is 6.36. The van der Waals surface area contributed by atoms with Gasteiger partial charge in [-0.05, 0) is 40.5 Å². The molecule has 0 atom stereocenters. The van der Waals surface area contributed by atoms with Gasteiger partial charge in [0, 0.05) is 17.8 Å². The number of nitrogens with one attached hydrogen (secondary N) is 2. The lowest BCUT2D eigenvalue weighted by Gasteiger charge is -2.09. The summed E-state index contributed by atoms with van der Waals surface area (Å²) in [6.45, 7) is 1.70. The van der Waals surface area contributed by atoms with Gasteiger partial charge in [-0.25, -0.2) is 4.39 Å². The van der Waals surface area contributed by atoms with Gasteiger partial charge in [0.25, 0.3) is 11.5 Å². The molecule has 1 aromatic carbocycles. The summed E-state index contributed by atoms with van der Waals surface area (Å²) in [5.74, 6) is -1.54. The maximum absolute atomic E-state index is 13.4. The maximum atomic E-state index is 13.4. The second-order valence-electron chi connectivity index (χ2n) is 4.15. The van der Waals surface area contributed by atoms with Gasteiger partial charge in [0.1, 0.15) is 5.82 Å². The highest BCUT2D eigenvalue weighted by Gasteiger charge is 2.12. The van der Waals surface area contributed by atoms with E-state index in [1.165, 1.54) is 12.1 Å². The predicted molar refractivity (Wildman–Crippen MR) is 75.5 cm³/mol. The molecule has 7 heteroatoms. The van der Waals surface area contributed by atoms with Crippen LogP contribution >= 0.6 is 15.9 Å². The number of benzene rings is 1. The monoisotopic (exact) mass is 340 g/mol. The van der Waals surface area contributed by atoms with Crippen LogP contribution in [0, 0.1) is 12.7 Å². The van der Waals surface area contributed by atoms with E-state index < -0.39 is 23.2 Å². The molecule has 0 unspecified atom stereocenters. The number of aromatic hydroxyl groups is 1. The van der Waals surface area contributed by atoms with Crippen molar-refractivity contribution in [1.29, 1.82) is 0 Å². The van der Waals surface area contributed by atoms with E-state index >= 15 is 0 Å². The lowest BCUT2D eigenvalue weighted by Crippen LogP contribution is -2.16. The Bertz CT molecular complexity index is 743. The van der Waals surface area contributed by atoms with Crippen molar-refractivity contribution in [2.45, 2.75) is 6.92 Å². The molecule has 0 saturated carbocycles. The van der Waals surface area contributed by atoms with E-state index in [2.05, 4.69) is 26.2 Å². The smallest absolute Gasteiger partial charge is 0.256 e. The van der Waals surface area contributed by atoms with Crippen LogP contribution < -0.4 is 10.9 Å². The molecule has 0 saturated heterocycles. The molecule has 3 N–H and O–H groups in total.